The van der Waals surface area contributed by atoms with Gasteiger partial charge in [0.15, 0.2) is 0 Å². The zero-order valence-corrected chi connectivity index (χ0v) is 33.0. The average Bonchev–Trinajstić information content (AvgIpc) is 3.02. The van der Waals surface area contributed by atoms with Crippen molar-refractivity contribution >= 4 is 44.0 Å². The fourth-order valence-electron chi connectivity index (χ4n) is 5.29. The van der Waals surface area contributed by atoms with Crippen LogP contribution in [0.1, 0.15) is 213 Å². The molecule has 0 saturated carbocycles. The van der Waals surface area contributed by atoms with E-state index in [9.17, 15) is 4.57 Å². The average molecular weight is 699 g/mol. The van der Waals surface area contributed by atoms with Crippen LogP contribution in [0, 0.1) is 0 Å². The lowest BCUT2D eigenvalue weighted by Crippen LogP contribution is -1.92. The Balaban J connectivity index is 4.07. The van der Waals surface area contributed by atoms with E-state index < -0.39 is 7.82 Å². The minimum atomic E-state index is -3.57. The van der Waals surface area contributed by atoms with Crippen molar-refractivity contribution in [2.24, 2.45) is 0 Å². The number of hydrogen-bond acceptors (Lipinski definition) is 7. The molecule has 0 aromatic rings. The molecule has 4 nitrogen and oxygen atoms in total. The molecule has 0 N–H and O–H groups in total. The molecule has 0 bridgehead atoms. The van der Waals surface area contributed by atoms with Gasteiger partial charge in [-0.2, -0.15) is 0 Å². The fraction of sp³-hybridized carbons (Fsp3) is 1.00. The summed E-state index contributed by atoms with van der Waals surface area (Å²) in [5.41, 5.74) is 0. The third kappa shape index (κ3) is 36.0. The van der Waals surface area contributed by atoms with E-state index in [1.54, 1.807) is 0 Å². The summed E-state index contributed by atoms with van der Waals surface area (Å²) in [6, 6.07) is 0. The van der Waals surface area contributed by atoms with Crippen LogP contribution in [0.25, 0.3) is 0 Å². The van der Waals surface area contributed by atoms with Crippen LogP contribution < -0.4 is 0 Å². The van der Waals surface area contributed by atoms with Gasteiger partial charge in [0.2, 0.25) is 0 Å². The molecule has 0 spiro atoms. The highest BCUT2D eigenvalue weighted by atomic mass is 32.2. The van der Waals surface area contributed by atoms with Crippen molar-refractivity contribution < 1.29 is 16.5 Å². The molecule has 44 heavy (non-hydrogen) atoms. The first-order chi connectivity index (χ1) is 21.7. The van der Waals surface area contributed by atoms with Crippen LogP contribution in [0.2, 0.25) is 0 Å². The monoisotopic (exact) mass is 698 g/mol. The van der Waals surface area contributed by atoms with Gasteiger partial charge in [0.1, 0.15) is 0 Å². The Kier molecular flexibility index (Phi) is 39.6. The van der Waals surface area contributed by atoms with Gasteiger partial charge in [-0.15, -0.1) is 0 Å². The highest BCUT2D eigenvalue weighted by Crippen LogP contribution is 2.58. The molecule has 0 aromatic carbocycles. The summed E-state index contributed by atoms with van der Waals surface area (Å²) in [6.07, 6.45) is 39.3. The zero-order valence-electron chi connectivity index (χ0n) is 29.6. The van der Waals surface area contributed by atoms with E-state index >= 15 is 0 Å². The summed E-state index contributed by atoms with van der Waals surface area (Å²) in [7, 11) is -3.57. The Morgan fingerprint density at radius 3 is 0.705 bits per heavy atom. The maximum atomic E-state index is 13.3. The molecule has 0 aliphatic carbocycles. The molecule has 0 rings (SSSR count). The number of hydrogen-bond donors (Lipinski definition) is 0. The van der Waals surface area contributed by atoms with Crippen LogP contribution >= 0.6 is 44.0 Å². The second-order valence-electron chi connectivity index (χ2n) is 12.7. The SMILES string of the molecule is CCCCCCCCCCCCSOP(=O)(OSCCCCCCCCCCCC)OSCCCCCCCCCCCC. The summed E-state index contributed by atoms with van der Waals surface area (Å²) in [4.78, 5) is 0. The lowest BCUT2D eigenvalue weighted by atomic mass is 10.1. The Morgan fingerprint density at radius 2 is 0.500 bits per heavy atom. The number of rotatable bonds is 39. The molecule has 0 unspecified atom stereocenters. The van der Waals surface area contributed by atoms with E-state index in [1.165, 1.54) is 209 Å². The van der Waals surface area contributed by atoms with Crippen LogP contribution in [0.4, 0.5) is 0 Å². The van der Waals surface area contributed by atoms with Crippen LogP contribution in [-0.4, -0.2) is 17.3 Å². The Hall–Kier alpha value is 1.16. The molecule has 0 heterocycles. The molecular formula is C36H75O4PS3. The topological polar surface area (TPSA) is 44.8 Å². The van der Waals surface area contributed by atoms with Gasteiger partial charge in [-0.1, -0.05) is 194 Å². The van der Waals surface area contributed by atoms with Crippen molar-refractivity contribution in [3.63, 3.8) is 0 Å². The van der Waals surface area contributed by atoms with Crippen LogP contribution in [-0.2, 0) is 16.5 Å². The normalized spacial score (nSPS) is 12.0. The van der Waals surface area contributed by atoms with E-state index in [4.69, 9.17) is 11.9 Å². The highest BCUT2D eigenvalue weighted by Gasteiger charge is 2.29. The zero-order chi connectivity index (χ0) is 32.1. The maximum absolute atomic E-state index is 13.3. The van der Waals surface area contributed by atoms with Crippen LogP contribution in [0.3, 0.4) is 0 Å². The highest BCUT2D eigenvalue weighted by molar-refractivity contribution is 8.04. The van der Waals surface area contributed by atoms with E-state index in [0.29, 0.717) is 0 Å². The Morgan fingerprint density at radius 1 is 0.318 bits per heavy atom. The van der Waals surface area contributed by atoms with Crippen molar-refractivity contribution in [1.29, 1.82) is 0 Å². The first kappa shape index (κ1) is 45.2. The summed E-state index contributed by atoms with van der Waals surface area (Å²) < 4.78 is 30.4. The molecule has 0 saturated heterocycles. The van der Waals surface area contributed by atoms with E-state index in [1.807, 2.05) is 0 Å². The van der Waals surface area contributed by atoms with Gasteiger partial charge in [0.25, 0.3) is 0 Å². The first-order valence-corrected chi connectivity index (χ1v) is 23.4. The van der Waals surface area contributed by atoms with Gasteiger partial charge in [0.05, 0.1) is 0 Å². The summed E-state index contributed by atoms with van der Waals surface area (Å²) in [6.45, 7) is 6.82. The molecule has 0 aliphatic heterocycles. The Labute approximate surface area is 289 Å². The van der Waals surface area contributed by atoms with Gasteiger partial charge in [-0.25, -0.2) is 16.5 Å². The molecule has 0 radical (unpaired) electrons. The Bertz CT molecular complexity index is 510. The second-order valence-corrected chi connectivity index (χ2v) is 17.3. The molecule has 266 valence electrons. The third-order valence-electron chi connectivity index (χ3n) is 8.18. The van der Waals surface area contributed by atoms with Crippen molar-refractivity contribution in [1.82, 2.24) is 0 Å². The first-order valence-electron chi connectivity index (χ1n) is 19.2. The summed E-state index contributed by atoms with van der Waals surface area (Å²) in [5, 5.41) is 0. The second kappa shape index (κ2) is 38.6. The van der Waals surface area contributed by atoms with Gasteiger partial charge < -0.3 is 0 Å². The standard InChI is InChI=1S/C36H75O4PS3/c1-4-7-10-13-16-19-22-25-28-31-34-42-38-41(37,39-43-35-32-29-26-23-20-17-14-11-8-5-2)40-44-36-33-30-27-24-21-18-15-12-9-6-3/h4-36H2,1-3H3. The molecule has 0 fully saturated rings. The van der Waals surface area contributed by atoms with Gasteiger partial charge in [0, 0.05) is 53.4 Å². The predicted octanol–water partition coefficient (Wildman–Crippen LogP) is 15.9. The minimum absolute atomic E-state index is 0.833. The van der Waals surface area contributed by atoms with Gasteiger partial charge >= 0.3 is 7.82 Å². The van der Waals surface area contributed by atoms with Crippen molar-refractivity contribution in [3.05, 3.63) is 0 Å². The summed E-state index contributed by atoms with van der Waals surface area (Å²) >= 11 is 3.80. The molecule has 8 heteroatoms. The lowest BCUT2D eigenvalue weighted by molar-refractivity contribution is 0.349. The maximum Gasteiger partial charge on any atom is 0.508 e. The smallest absolute Gasteiger partial charge is 0.225 e. The molecule has 0 amide bonds. The summed E-state index contributed by atoms with van der Waals surface area (Å²) in [5.74, 6) is 2.50. The van der Waals surface area contributed by atoms with Crippen molar-refractivity contribution in [2.75, 3.05) is 17.3 Å². The van der Waals surface area contributed by atoms with Gasteiger partial charge in [-0.3, -0.25) is 0 Å². The predicted molar refractivity (Wildman–Crippen MR) is 204 cm³/mol. The van der Waals surface area contributed by atoms with E-state index in [-0.39, 0.29) is 0 Å². The van der Waals surface area contributed by atoms with Crippen LogP contribution in [0.5, 0.6) is 0 Å². The van der Waals surface area contributed by atoms with Crippen LogP contribution in [0.15, 0.2) is 0 Å². The molecule has 0 atom stereocenters. The van der Waals surface area contributed by atoms with Crippen molar-refractivity contribution in [3.8, 4) is 0 Å². The lowest BCUT2D eigenvalue weighted by Gasteiger charge is -2.15. The molecule has 0 aromatic heterocycles. The van der Waals surface area contributed by atoms with Gasteiger partial charge in [-0.05, 0) is 19.3 Å². The quantitative estimate of drug-likeness (QED) is 0.0360. The third-order valence-corrected chi connectivity index (χ3v) is 13.0. The number of unbranched alkanes of at least 4 members (excludes halogenated alkanes) is 27. The van der Waals surface area contributed by atoms with E-state index in [2.05, 4.69) is 20.8 Å². The minimum Gasteiger partial charge on any atom is -0.225 e. The van der Waals surface area contributed by atoms with Crippen molar-refractivity contribution in [2.45, 2.75) is 213 Å². The molecular weight excluding hydrogens is 624 g/mol. The fourth-order valence-corrected chi connectivity index (χ4v) is 9.67. The molecule has 0 aliphatic rings. The number of phosphoric acid groups is 1. The van der Waals surface area contributed by atoms with E-state index in [0.717, 1.165) is 36.5 Å². The largest absolute Gasteiger partial charge is 0.508 e.